The average Bonchev–Trinajstić information content (AvgIpc) is 2.99. The third-order valence-electron chi connectivity index (χ3n) is 9.72. The van der Waals surface area contributed by atoms with E-state index in [1.165, 1.54) is 167 Å². The minimum absolute atomic E-state index is 0.0226. The molecule has 44 heavy (non-hydrogen) atoms. The van der Waals surface area contributed by atoms with E-state index in [9.17, 15) is 4.79 Å². The second kappa shape index (κ2) is 33.6. The highest BCUT2D eigenvalue weighted by atomic mass is 16.5. The molecular formula is C42H82O2. The Morgan fingerprint density at radius 1 is 0.477 bits per heavy atom. The van der Waals surface area contributed by atoms with Gasteiger partial charge in [-0.15, -0.1) is 0 Å². The number of rotatable bonds is 34. The molecule has 0 aliphatic rings. The van der Waals surface area contributed by atoms with Crippen LogP contribution in [0, 0.1) is 23.7 Å². The van der Waals surface area contributed by atoms with E-state index < -0.39 is 0 Å². The fourth-order valence-electron chi connectivity index (χ4n) is 7.03. The molecule has 0 aliphatic heterocycles. The summed E-state index contributed by atoms with van der Waals surface area (Å²) in [6.07, 6.45) is 42.2. The van der Waals surface area contributed by atoms with Crippen molar-refractivity contribution >= 4 is 5.97 Å². The number of ether oxygens (including phenoxy) is 1. The minimum Gasteiger partial charge on any atom is -0.465 e. The van der Waals surface area contributed by atoms with Gasteiger partial charge in [-0.05, 0) is 69.1 Å². The first-order chi connectivity index (χ1) is 21.4. The van der Waals surface area contributed by atoms with Crippen LogP contribution < -0.4 is 0 Å². The van der Waals surface area contributed by atoms with E-state index in [1.807, 2.05) is 0 Å². The monoisotopic (exact) mass is 619 g/mol. The molecule has 2 heteroatoms. The maximum absolute atomic E-state index is 12.5. The Balaban J connectivity index is 3.64. The maximum Gasteiger partial charge on any atom is 0.308 e. The molecule has 0 heterocycles. The molecule has 0 aromatic carbocycles. The molecule has 0 aliphatic carbocycles. The maximum atomic E-state index is 12.5. The van der Waals surface area contributed by atoms with Crippen LogP contribution in [0.2, 0.25) is 0 Å². The van der Waals surface area contributed by atoms with Crippen molar-refractivity contribution in [3.8, 4) is 0 Å². The standard InChI is InChI=1S/C42H82O2/c1-7-9-11-13-15-17-19-20-21-22-23-24-25-27-29-31-33-38(3)35-39(4)36-40(5)37-41(6)42(43)44-34-32-30-28-26-18-16-14-12-10-8-2/h17,19,38-41H,7-16,18,20-37H2,1-6H3/b19-17+. The van der Waals surface area contributed by atoms with Gasteiger partial charge in [-0.1, -0.05) is 182 Å². The first-order valence-corrected chi connectivity index (χ1v) is 20.2. The van der Waals surface area contributed by atoms with Gasteiger partial charge in [0, 0.05) is 0 Å². The summed E-state index contributed by atoms with van der Waals surface area (Å²) >= 11 is 0. The van der Waals surface area contributed by atoms with Crippen LogP contribution in [0.15, 0.2) is 12.2 Å². The summed E-state index contributed by atoms with van der Waals surface area (Å²) in [5.74, 6) is 2.20. The van der Waals surface area contributed by atoms with Gasteiger partial charge in [-0.25, -0.2) is 0 Å². The fourth-order valence-corrected chi connectivity index (χ4v) is 7.03. The van der Waals surface area contributed by atoms with Crippen molar-refractivity contribution < 1.29 is 9.53 Å². The number of unbranched alkanes of at least 4 members (excludes halogenated alkanes) is 21. The van der Waals surface area contributed by atoms with Gasteiger partial charge in [0.15, 0.2) is 0 Å². The lowest BCUT2D eigenvalue weighted by Gasteiger charge is -2.22. The first kappa shape index (κ1) is 43.2. The van der Waals surface area contributed by atoms with Crippen molar-refractivity contribution in [3.63, 3.8) is 0 Å². The Labute approximate surface area is 278 Å². The van der Waals surface area contributed by atoms with Crippen molar-refractivity contribution in [1.29, 1.82) is 0 Å². The summed E-state index contributed by atoms with van der Waals surface area (Å²) < 4.78 is 5.63. The molecule has 0 fully saturated rings. The summed E-state index contributed by atoms with van der Waals surface area (Å²) in [5, 5.41) is 0. The quantitative estimate of drug-likeness (QED) is 0.0407. The van der Waals surface area contributed by atoms with Crippen LogP contribution in [-0.2, 0) is 9.53 Å². The van der Waals surface area contributed by atoms with E-state index in [2.05, 4.69) is 53.7 Å². The molecule has 2 nitrogen and oxygen atoms in total. The molecule has 0 bridgehead atoms. The predicted molar refractivity (Wildman–Crippen MR) is 197 cm³/mol. The molecule has 262 valence electrons. The molecule has 0 saturated carbocycles. The van der Waals surface area contributed by atoms with Gasteiger partial charge < -0.3 is 4.74 Å². The van der Waals surface area contributed by atoms with Gasteiger partial charge in [0.2, 0.25) is 0 Å². The van der Waals surface area contributed by atoms with E-state index in [1.54, 1.807) is 0 Å². The number of carbonyl (C=O) groups excluding carboxylic acids is 1. The second-order valence-electron chi connectivity index (χ2n) is 15.0. The van der Waals surface area contributed by atoms with Gasteiger partial charge in [0.1, 0.15) is 0 Å². The van der Waals surface area contributed by atoms with E-state index >= 15 is 0 Å². The Morgan fingerprint density at radius 3 is 1.39 bits per heavy atom. The molecule has 0 aromatic rings. The van der Waals surface area contributed by atoms with E-state index in [4.69, 9.17) is 4.74 Å². The molecule has 0 N–H and O–H groups in total. The lowest BCUT2D eigenvalue weighted by molar-refractivity contribution is -0.148. The molecule has 4 atom stereocenters. The zero-order valence-electron chi connectivity index (χ0n) is 31.3. The Morgan fingerprint density at radius 2 is 0.864 bits per heavy atom. The summed E-state index contributed by atoms with van der Waals surface area (Å²) in [4.78, 5) is 12.5. The van der Waals surface area contributed by atoms with E-state index in [-0.39, 0.29) is 11.9 Å². The van der Waals surface area contributed by atoms with Crippen molar-refractivity contribution in [1.82, 2.24) is 0 Å². The number of hydrogen-bond donors (Lipinski definition) is 0. The zero-order chi connectivity index (χ0) is 32.5. The molecule has 4 unspecified atom stereocenters. The highest BCUT2D eigenvalue weighted by Gasteiger charge is 2.20. The predicted octanol–water partition coefficient (Wildman–Crippen LogP) is 14.6. The Bertz CT molecular complexity index is 611. The van der Waals surface area contributed by atoms with Crippen LogP contribution in [0.1, 0.15) is 221 Å². The van der Waals surface area contributed by atoms with Crippen molar-refractivity contribution in [2.75, 3.05) is 6.61 Å². The highest BCUT2D eigenvalue weighted by molar-refractivity contribution is 5.71. The minimum atomic E-state index is 0.0226. The summed E-state index contributed by atoms with van der Waals surface area (Å²) in [7, 11) is 0. The van der Waals surface area contributed by atoms with E-state index in [0.29, 0.717) is 12.5 Å². The summed E-state index contributed by atoms with van der Waals surface area (Å²) in [6, 6.07) is 0. The fraction of sp³-hybridized carbons (Fsp3) is 0.929. The zero-order valence-corrected chi connectivity index (χ0v) is 31.3. The molecule has 0 aromatic heterocycles. The van der Waals surface area contributed by atoms with Crippen LogP contribution in [0.3, 0.4) is 0 Å². The van der Waals surface area contributed by atoms with Gasteiger partial charge in [-0.3, -0.25) is 4.79 Å². The Kier molecular flexibility index (Phi) is 33.0. The van der Waals surface area contributed by atoms with Crippen LogP contribution in [0.4, 0.5) is 0 Å². The third-order valence-corrected chi connectivity index (χ3v) is 9.72. The van der Waals surface area contributed by atoms with Crippen LogP contribution in [-0.4, -0.2) is 12.6 Å². The topological polar surface area (TPSA) is 26.3 Å². The second-order valence-corrected chi connectivity index (χ2v) is 15.0. The lowest BCUT2D eigenvalue weighted by Crippen LogP contribution is -2.19. The van der Waals surface area contributed by atoms with Gasteiger partial charge >= 0.3 is 5.97 Å². The lowest BCUT2D eigenvalue weighted by atomic mass is 9.84. The molecule has 0 saturated heterocycles. The van der Waals surface area contributed by atoms with E-state index in [0.717, 1.165) is 24.7 Å². The van der Waals surface area contributed by atoms with Gasteiger partial charge in [0.05, 0.1) is 12.5 Å². The van der Waals surface area contributed by atoms with Gasteiger partial charge in [-0.2, -0.15) is 0 Å². The normalized spacial score (nSPS) is 14.6. The number of allylic oxidation sites excluding steroid dienone is 2. The van der Waals surface area contributed by atoms with Crippen molar-refractivity contribution in [2.24, 2.45) is 23.7 Å². The summed E-state index contributed by atoms with van der Waals surface area (Å²) in [5.41, 5.74) is 0. The SMILES string of the molecule is CCCCCC/C=C/CCCCCCCCCCC(C)CC(C)CC(C)CC(C)C(=O)OCCCCCCCCCCCC. The average molecular weight is 619 g/mol. The molecule has 0 rings (SSSR count). The van der Waals surface area contributed by atoms with Crippen LogP contribution in [0.25, 0.3) is 0 Å². The molecule has 0 spiro atoms. The van der Waals surface area contributed by atoms with Crippen LogP contribution >= 0.6 is 0 Å². The molecule has 0 radical (unpaired) electrons. The number of carbonyl (C=O) groups is 1. The van der Waals surface area contributed by atoms with Crippen molar-refractivity contribution in [2.45, 2.75) is 221 Å². The van der Waals surface area contributed by atoms with Crippen LogP contribution in [0.5, 0.6) is 0 Å². The smallest absolute Gasteiger partial charge is 0.308 e. The highest BCUT2D eigenvalue weighted by Crippen LogP contribution is 2.27. The van der Waals surface area contributed by atoms with Crippen molar-refractivity contribution in [3.05, 3.63) is 12.2 Å². The molecular weight excluding hydrogens is 536 g/mol. The Hall–Kier alpha value is -0.790. The third kappa shape index (κ3) is 31.2. The number of hydrogen-bond acceptors (Lipinski definition) is 2. The molecule has 0 amide bonds. The largest absolute Gasteiger partial charge is 0.465 e. The van der Waals surface area contributed by atoms with Gasteiger partial charge in [0.25, 0.3) is 0 Å². The summed E-state index contributed by atoms with van der Waals surface area (Å²) in [6.45, 7) is 14.4. The first-order valence-electron chi connectivity index (χ1n) is 20.2. The number of esters is 1.